The van der Waals surface area contributed by atoms with Gasteiger partial charge in [-0.25, -0.2) is 13.8 Å². The highest BCUT2D eigenvalue weighted by atomic mass is 19.1. The first-order valence-corrected chi connectivity index (χ1v) is 20.4. The van der Waals surface area contributed by atoms with Crippen LogP contribution in [0.4, 0.5) is 14.6 Å². The van der Waals surface area contributed by atoms with Crippen LogP contribution in [0.15, 0.2) is 24.3 Å². The molecule has 3 saturated heterocycles. The maximum Gasteiger partial charge on any atom is 0.319 e. The number of fused-ring (bicyclic) bond motifs is 3. The standard InChI is InChI=1S/C43H53F2N5O6/c1-4-29-31(44)10-9-26-18-28(51)19-30(33(26)29)36-35(45)37-34(39(46-36)53-3)38(49-15-17-55-23-41(2,52)22-49)48-40(47-37)56-25-43-12-5-8-32(43)50(14-6-13-43)27-20-42(21-27)11-7-16-54-24-42/h9-10,18-19,27,32,51-52H,4-8,11-17,20-25H2,1-3H3/t27?,32-,41+,42?,43-/m1/s1. The fourth-order valence-electron chi connectivity index (χ4n) is 10.9. The first kappa shape index (κ1) is 37.7. The Kier molecular flexibility index (Phi) is 9.74. The molecule has 2 aromatic heterocycles. The lowest BCUT2D eigenvalue weighted by atomic mass is 9.61. The molecule has 0 unspecified atom stereocenters. The average Bonchev–Trinajstić information content (AvgIpc) is 3.53. The summed E-state index contributed by atoms with van der Waals surface area (Å²) in [5.41, 5.74) is -0.585. The highest BCUT2D eigenvalue weighted by Gasteiger charge is 2.55. The number of hydrogen-bond acceptors (Lipinski definition) is 11. The van der Waals surface area contributed by atoms with E-state index in [1.807, 2.05) is 11.8 Å². The first-order valence-electron chi connectivity index (χ1n) is 20.4. The summed E-state index contributed by atoms with van der Waals surface area (Å²) in [4.78, 5) is 19.0. The molecule has 2 aliphatic carbocycles. The molecule has 5 fully saturated rings. The summed E-state index contributed by atoms with van der Waals surface area (Å²) >= 11 is 0. The number of methoxy groups -OCH3 is 1. The number of anilines is 1. The number of piperidine rings is 1. The number of phenols is 1. The van der Waals surface area contributed by atoms with E-state index in [1.165, 1.54) is 44.6 Å². The van der Waals surface area contributed by atoms with E-state index < -0.39 is 17.2 Å². The monoisotopic (exact) mass is 773 g/mol. The van der Waals surface area contributed by atoms with Crippen LogP contribution in [0.1, 0.15) is 77.2 Å². The number of benzene rings is 2. The second kappa shape index (κ2) is 14.5. The molecule has 2 saturated carbocycles. The highest BCUT2D eigenvalue weighted by molar-refractivity contribution is 6.03. The molecule has 0 bridgehead atoms. The fourth-order valence-corrected chi connectivity index (χ4v) is 10.9. The van der Waals surface area contributed by atoms with E-state index in [9.17, 15) is 10.2 Å². The molecule has 3 aliphatic heterocycles. The van der Waals surface area contributed by atoms with Crippen molar-refractivity contribution in [3.63, 3.8) is 0 Å². The van der Waals surface area contributed by atoms with Crippen LogP contribution in [0.5, 0.6) is 17.6 Å². The number of pyridine rings is 1. The summed E-state index contributed by atoms with van der Waals surface area (Å²) in [7, 11) is 1.44. The summed E-state index contributed by atoms with van der Waals surface area (Å²) < 4.78 is 56.9. The quantitative estimate of drug-likeness (QED) is 0.193. The van der Waals surface area contributed by atoms with Crippen LogP contribution in [0, 0.1) is 22.5 Å². The van der Waals surface area contributed by atoms with Gasteiger partial charge in [-0.2, -0.15) is 9.97 Å². The van der Waals surface area contributed by atoms with E-state index in [1.54, 1.807) is 13.0 Å². The van der Waals surface area contributed by atoms with Gasteiger partial charge in [-0.1, -0.05) is 19.4 Å². The van der Waals surface area contributed by atoms with Crippen molar-refractivity contribution in [3.05, 3.63) is 41.5 Å². The molecule has 13 heteroatoms. The number of rotatable bonds is 8. The van der Waals surface area contributed by atoms with E-state index in [-0.39, 0.29) is 58.4 Å². The van der Waals surface area contributed by atoms with Gasteiger partial charge >= 0.3 is 6.01 Å². The lowest BCUT2D eigenvalue weighted by molar-refractivity contribution is -0.125. The fraction of sp³-hybridized carbons (Fsp3) is 0.605. The predicted octanol–water partition coefficient (Wildman–Crippen LogP) is 6.96. The number of aliphatic hydroxyl groups is 1. The molecule has 4 aromatic rings. The molecule has 300 valence electrons. The van der Waals surface area contributed by atoms with E-state index in [2.05, 4.69) is 9.88 Å². The normalized spacial score (nSPS) is 29.7. The highest BCUT2D eigenvalue weighted by Crippen LogP contribution is 2.55. The molecule has 0 amide bonds. The maximum atomic E-state index is 17.4. The summed E-state index contributed by atoms with van der Waals surface area (Å²) in [6.07, 6.45) is 10.5. The summed E-state index contributed by atoms with van der Waals surface area (Å²) in [6.45, 7) is 7.72. The molecule has 11 nitrogen and oxygen atoms in total. The van der Waals surface area contributed by atoms with Gasteiger partial charge in [0.1, 0.15) is 39.6 Å². The number of likely N-dealkylation sites (tertiary alicyclic amines) is 1. The lowest BCUT2D eigenvalue weighted by Crippen LogP contribution is -2.61. The van der Waals surface area contributed by atoms with Crippen molar-refractivity contribution >= 4 is 27.5 Å². The molecule has 2 aromatic carbocycles. The molecule has 9 rings (SSSR count). The van der Waals surface area contributed by atoms with Gasteiger partial charge in [-0.15, -0.1) is 0 Å². The van der Waals surface area contributed by atoms with Crippen molar-refractivity contribution in [2.24, 2.45) is 10.8 Å². The van der Waals surface area contributed by atoms with Crippen molar-refractivity contribution in [3.8, 4) is 28.9 Å². The molecule has 0 radical (unpaired) electrons. The van der Waals surface area contributed by atoms with Crippen molar-refractivity contribution < 1.29 is 37.9 Å². The van der Waals surface area contributed by atoms with Gasteiger partial charge in [0.05, 0.1) is 40.1 Å². The predicted molar refractivity (Wildman–Crippen MR) is 208 cm³/mol. The van der Waals surface area contributed by atoms with E-state index >= 15 is 8.78 Å². The smallest absolute Gasteiger partial charge is 0.319 e. The van der Waals surface area contributed by atoms with Gasteiger partial charge in [0.15, 0.2) is 5.82 Å². The summed E-state index contributed by atoms with van der Waals surface area (Å²) in [5, 5.41) is 23.2. The number of ether oxygens (including phenoxy) is 4. The minimum absolute atomic E-state index is 0.0237. The van der Waals surface area contributed by atoms with Crippen molar-refractivity contribution in [2.45, 2.75) is 95.7 Å². The Morgan fingerprint density at radius 1 is 0.964 bits per heavy atom. The maximum absolute atomic E-state index is 17.4. The Morgan fingerprint density at radius 2 is 1.79 bits per heavy atom. The lowest BCUT2D eigenvalue weighted by Gasteiger charge is -2.58. The van der Waals surface area contributed by atoms with Crippen molar-refractivity contribution in [1.82, 2.24) is 19.9 Å². The molecule has 56 heavy (non-hydrogen) atoms. The van der Waals surface area contributed by atoms with Crippen LogP contribution in [-0.4, -0.2) is 108 Å². The Bertz CT molecular complexity index is 2140. The third-order valence-corrected chi connectivity index (χ3v) is 13.5. The van der Waals surface area contributed by atoms with Crippen molar-refractivity contribution in [2.75, 3.05) is 64.7 Å². The van der Waals surface area contributed by atoms with Gasteiger partial charge < -0.3 is 34.1 Å². The van der Waals surface area contributed by atoms with E-state index in [0.717, 1.165) is 58.3 Å². The number of halogens is 2. The van der Waals surface area contributed by atoms with Gasteiger partial charge in [-0.3, -0.25) is 4.90 Å². The van der Waals surface area contributed by atoms with Crippen LogP contribution >= 0.6 is 0 Å². The first-order chi connectivity index (χ1) is 27.0. The summed E-state index contributed by atoms with van der Waals surface area (Å²) in [5.74, 6) is -0.963. The minimum atomic E-state index is -1.22. The Balaban J connectivity index is 1.13. The molecular weight excluding hydrogens is 720 g/mol. The molecular formula is C43H53F2N5O6. The number of aromatic nitrogens is 3. The number of nitrogens with zero attached hydrogens (tertiary/aromatic N) is 5. The third-order valence-electron chi connectivity index (χ3n) is 13.5. The largest absolute Gasteiger partial charge is 0.508 e. The third kappa shape index (κ3) is 6.52. The number of β-amino-alcohol motifs (C(OH)–C–C–N with tert-alkyl or cyclic N) is 1. The van der Waals surface area contributed by atoms with E-state index in [0.29, 0.717) is 65.8 Å². The van der Waals surface area contributed by atoms with E-state index in [4.69, 9.17) is 28.9 Å². The van der Waals surface area contributed by atoms with Crippen LogP contribution < -0.4 is 14.4 Å². The van der Waals surface area contributed by atoms with Crippen LogP contribution in [0.25, 0.3) is 32.9 Å². The zero-order chi connectivity index (χ0) is 38.8. The number of aryl methyl sites for hydroxylation is 1. The zero-order valence-corrected chi connectivity index (χ0v) is 32.7. The van der Waals surface area contributed by atoms with Gasteiger partial charge in [0.2, 0.25) is 5.88 Å². The minimum Gasteiger partial charge on any atom is -0.508 e. The second-order valence-electron chi connectivity index (χ2n) is 17.4. The molecule has 5 aliphatic rings. The Labute approximate surface area is 326 Å². The van der Waals surface area contributed by atoms with Crippen molar-refractivity contribution in [1.29, 1.82) is 0 Å². The average molecular weight is 774 g/mol. The number of hydrogen-bond donors (Lipinski definition) is 2. The molecule has 2 N–H and O–H groups in total. The van der Waals surface area contributed by atoms with Gasteiger partial charge in [0, 0.05) is 36.2 Å². The Hall–Kier alpha value is -3.91. The molecule has 5 heterocycles. The molecule has 3 atom stereocenters. The second-order valence-corrected chi connectivity index (χ2v) is 17.4. The van der Waals surface area contributed by atoms with Gasteiger partial charge in [-0.05, 0) is 111 Å². The van der Waals surface area contributed by atoms with Crippen LogP contribution in [-0.2, 0) is 15.9 Å². The Morgan fingerprint density at radius 3 is 2.57 bits per heavy atom. The SMILES string of the molecule is CCc1c(F)ccc2cc(O)cc(-c3nc(OC)c4c(N5CCOC[C@@](C)(O)C5)nc(OC[C@]56CCC[C@H]5N(C5CC7(CCCOC7)C5)CCC6)nc4c3F)c12. The number of aromatic hydroxyl groups is 1. The van der Waals surface area contributed by atoms with Crippen LogP contribution in [0.3, 0.4) is 0 Å². The van der Waals surface area contributed by atoms with Crippen LogP contribution in [0.2, 0.25) is 0 Å². The zero-order valence-electron chi connectivity index (χ0n) is 32.7. The topological polar surface area (TPSA) is 123 Å². The number of phenolic OH excluding ortho intramolecular Hbond substituents is 1. The molecule has 1 spiro atoms. The summed E-state index contributed by atoms with van der Waals surface area (Å²) in [6, 6.07) is 6.83. The van der Waals surface area contributed by atoms with Gasteiger partial charge in [0.25, 0.3) is 0 Å².